The summed E-state index contributed by atoms with van der Waals surface area (Å²) in [4.78, 5) is 44.6. The molecule has 5 rings (SSSR count). The topological polar surface area (TPSA) is 104 Å². The number of aromatic nitrogens is 2. The molecule has 7 nitrogen and oxygen atoms in total. The number of allylic oxidation sites excluding steroid dienone is 1. The highest BCUT2D eigenvalue weighted by Gasteiger charge is 2.60. The van der Waals surface area contributed by atoms with E-state index in [0.29, 0.717) is 36.3 Å². The normalized spacial score (nSPS) is 22.9. The van der Waals surface area contributed by atoms with Gasteiger partial charge in [-0.25, -0.2) is 0 Å². The van der Waals surface area contributed by atoms with Crippen LogP contribution in [0, 0.1) is 11.7 Å². The van der Waals surface area contributed by atoms with Gasteiger partial charge in [-0.3, -0.25) is 19.4 Å². The smallest absolute Gasteiger partial charge is 0.260 e. The van der Waals surface area contributed by atoms with Gasteiger partial charge >= 0.3 is 0 Å². The summed E-state index contributed by atoms with van der Waals surface area (Å²) in [6.45, 7) is 1.90. The van der Waals surface area contributed by atoms with Crippen LogP contribution in [-0.4, -0.2) is 21.7 Å². The van der Waals surface area contributed by atoms with Gasteiger partial charge in [-0.2, -0.15) is 0 Å². The number of carbonyl (C=O) groups excluding carboxylic acids is 2. The van der Waals surface area contributed by atoms with Crippen LogP contribution >= 0.6 is 12.2 Å². The van der Waals surface area contributed by atoms with Gasteiger partial charge in [-0.05, 0) is 31.6 Å². The van der Waals surface area contributed by atoms with Crippen LogP contribution in [0.5, 0.6) is 5.88 Å². The Morgan fingerprint density at radius 2 is 1.96 bits per heavy atom. The highest BCUT2D eigenvalue weighted by atomic mass is 32.1. The fourth-order valence-electron chi connectivity index (χ4n) is 4.38. The summed E-state index contributed by atoms with van der Waals surface area (Å²) < 4.78 is 5.98. The molecule has 2 aliphatic heterocycles. The van der Waals surface area contributed by atoms with Crippen LogP contribution in [0.4, 0.5) is 5.69 Å². The molecule has 3 heterocycles. The fourth-order valence-corrected chi connectivity index (χ4v) is 4.56. The van der Waals surface area contributed by atoms with E-state index in [4.69, 9.17) is 17.0 Å². The quantitative estimate of drug-likeness (QED) is 0.608. The van der Waals surface area contributed by atoms with Crippen molar-refractivity contribution in [1.29, 1.82) is 0 Å². The van der Waals surface area contributed by atoms with Crippen molar-refractivity contribution in [1.82, 2.24) is 9.97 Å². The Morgan fingerprint density at radius 3 is 2.78 bits per heavy atom. The van der Waals surface area contributed by atoms with Crippen molar-refractivity contribution < 1.29 is 14.3 Å². The number of hydrogen-bond donors (Lipinski definition) is 3. The molecule has 1 spiro atoms. The third kappa shape index (κ3) is 1.96. The Hall–Kier alpha value is -3.00. The molecule has 136 valence electrons. The monoisotopic (exact) mass is 381 g/mol. The zero-order valence-electron chi connectivity index (χ0n) is 14.4. The molecular weight excluding hydrogens is 366 g/mol. The van der Waals surface area contributed by atoms with Gasteiger partial charge in [0, 0.05) is 24.1 Å². The summed E-state index contributed by atoms with van der Waals surface area (Å²) in [6.07, 6.45) is 1.47. The molecule has 0 radical (unpaired) electrons. The minimum absolute atomic E-state index is 0.0759. The maximum absolute atomic E-state index is 13.4. The lowest BCUT2D eigenvalue weighted by Gasteiger charge is -2.37. The van der Waals surface area contributed by atoms with E-state index in [9.17, 15) is 14.4 Å². The first-order chi connectivity index (χ1) is 12.9. The Kier molecular flexibility index (Phi) is 3.16. The molecule has 1 aromatic heterocycles. The first-order valence-corrected chi connectivity index (χ1v) is 9.08. The van der Waals surface area contributed by atoms with Crippen molar-refractivity contribution in [3.63, 3.8) is 0 Å². The van der Waals surface area contributed by atoms with Gasteiger partial charge in [-0.1, -0.05) is 17.7 Å². The number of hydrogen-bond acceptors (Lipinski definition) is 5. The van der Waals surface area contributed by atoms with Crippen LogP contribution in [0.1, 0.15) is 36.0 Å². The largest absolute Gasteiger partial charge is 0.444 e. The van der Waals surface area contributed by atoms with Crippen molar-refractivity contribution in [2.24, 2.45) is 0 Å². The van der Waals surface area contributed by atoms with Gasteiger partial charge in [-0.15, -0.1) is 0 Å². The van der Waals surface area contributed by atoms with Crippen LogP contribution in [0.3, 0.4) is 0 Å². The molecule has 1 amide bonds. The van der Waals surface area contributed by atoms with Crippen LogP contribution in [0.15, 0.2) is 34.3 Å². The summed E-state index contributed by atoms with van der Waals surface area (Å²) in [5.41, 5.74) is 0.369. The number of benzene rings is 1. The molecule has 0 saturated carbocycles. The minimum Gasteiger partial charge on any atom is -0.444 e. The van der Waals surface area contributed by atoms with Crippen LogP contribution in [0.25, 0.3) is 0 Å². The molecule has 0 saturated heterocycles. The molecule has 8 heteroatoms. The average molecular weight is 381 g/mol. The predicted octanol–water partition coefficient (Wildman–Crippen LogP) is 2.38. The zero-order chi connectivity index (χ0) is 18.9. The lowest BCUT2D eigenvalue weighted by atomic mass is 9.65. The van der Waals surface area contributed by atoms with Crippen LogP contribution in [0.2, 0.25) is 0 Å². The molecule has 1 unspecified atom stereocenters. The van der Waals surface area contributed by atoms with E-state index in [2.05, 4.69) is 15.3 Å². The van der Waals surface area contributed by atoms with E-state index in [1.54, 1.807) is 6.07 Å². The minimum atomic E-state index is -1.53. The summed E-state index contributed by atoms with van der Waals surface area (Å²) in [6, 6.07) is 5.51. The van der Waals surface area contributed by atoms with Gasteiger partial charge < -0.3 is 15.0 Å². The third-order valence-electron chi connectivity index (χ3n) is 5.42. The lowest BCUT2D eigenvalue weighted by molar-refractivity contribution is -0.123. The number of carbonyl (C=O) groups is 2. The first-order valence-electron chi connectivity index (χ1n) is 8.67. The van der Waals surface area contributed by atoms with Gasteiger partial charge in [0.25, 0.3) is 5.56 Å². The number of H-pyrrole nitrogens is 2. The van der Waals surface area contributed by atoms with Crippen molar-refractivity contribution in [2.75, 3.05) is 5.32 Å². The van der Waals surface area contributed by atoms with Crippen molar-refractivity contribution >= 4 is 29.6 Å². The summed E-state index contributed by atoms with van der Waals surface area (Å²) in [7, 11) is 0. The number of aromatic amines is 2. The second kappa shape index (κ2) is 5.26. The SMILES string of the molecule is Cc1ccc2c(c1)C1(C(=O)N2)C2=C(CCCC2=O)Oc2[nH]c(=S)[nH]c(=O)c21. The van der Waals surface area contributed by atoms with Gasteiger partial charge in [0.1, 0.15) is 16.7 Å². The van der Waals surface area contributed by atoms with Crippen molar-refractivity contribution in [2.45, 2.75) is 31.6 Å². The molecule has 27 heavy (non-hydrogen) atoms. The maximum atomic E-state index is 13.4. The fraction of sp³-hybridized carbons (Fsp3) is 0.263. The molecule has 1 aromatic carbocycles. The molecular formula is C19H15N3O4S. The lowest BCUT2D eigenvalue weighted by Crippen LogP contribution is -2.48. The van der Waals surface area contributed by atoms with Gasteiger partial charge in [0.05, 0.1) is 5.57 Å². The van der Waals surface area contributed by atoms with E-state index in [1.807, 2.05) is 19.1 Å². The summed E-state index contributed by atoms with van der Waals surface area (Å²) >= 11 is 5.07. The van der Waals surface area contributed by atoms with Gasteiger partial charge in [0.2, 0.25) is 11.8 Å². The maximum Gasteiger partial charge on any atom is 0.260 e. The molecule has 2 aromatic rings. The second-order valence-electron chi connectivity index (χ2n) is 7.04. The molecule has 0 fully saturated rings. The van der Waals surface area contributed by atoms with E-state index in [1.165, 1.54) is 0 Å². The average Bonchev–Trinajstić information content (AvgIpc) is 2.87. The number of Topliss-reactive ketones (excluding diaryl/α,β-unsaturated/α-hetero) is 1. The summed E-state index contributed by atoms with van der Waals surface area (Å²) in [5.74, 6) is -0.0408. The molecule has 1 aliphatic carbocycles. The standard InChI is InChI=1S/C19H15N3O4S/c1-8-5-6-10-9(7-8)19(17(25)20-10)13-11(23)3-2-4-12(13)26-16-14(19)15(24)21-18(27)22-16/h5-7H,2-4H2,1H3,(H,20,25)(H2,21,22,24,27). The number of fused-ring (bicyclic) bond motifs is 5. The number of ether oxygens (including phenoxy) is 1. The number of nitrogens with one attached hydrogen (secondary N) is 3. The van der Waals surface area contributed by atoms with E-state index in [-0.39, 0.29) is 27.6 Å². The van der Waals surface area contributed by atoms with E-state index < -0.39 is 16.9 Å². The van der Waals surface area contributed by atoms with Crippen molar-refractivity contribution in [3.8, 4) is 5.88 Å². The first kappa shape index (κ1) is 16.2. The number of amides is 1. The number of aryl methyl sites for hydroxylation is 1. The van der Waals surface area contributed by atoms with Crippen LogP contribution in [-0.2, 0) is 15.0 Å². The molecule has 1 atom stereocenters. The zero-order valence-corrected chi connectivity index (χ0v) is 15.2. The Bertz CT molecular complexity index is 1210. The highest BCUT2D eigenvalue weighted by molar-refractivity contribution is 7.71. The summed E-state index contributed by atoms with van der Waals surface area (Å²) in [5, 5.41) is 2.85. The number of anilines is 1. The van der Waals surface area contributed by atoms with E-state index in [0.717, 1.165) is 5.56 Å². The predicted molar refractivity (Wildman–Crippen MR) is 99.3 cm³/mol. The third-order valence-corrected chi connectivity index (χ3v) is 5.62. The van der Waals surface area contributed by atoms with Gasteiger partial charge in [0.15, 0.2) is 10.6 Å². The Labute approximate surface area is 158 Å². The van der Waals surface area contributed by atoms with Crippen molar-refractivity contribution in [3.05, 3.63) is 61.3 Å². The molecule has 3 aliphatic rings. The number of rotatable bonds is 0. The number of ketones is 1. The molecule has 0 bridgehead atoms. The Balaban J connectivity index is 1.99. The molecule has 3 N–H and O–H groups in total. The second-order valence-corrected chi connectivity index (χ2v) is 7.45. The van der Waals surface area contributed by atoms with Crippen LogP contribution < -0.4 is 15.6 Å². The Morgan fingerprint density at radius 1 is 1.15 bits per heavy atom. The highest BCUT2D eigenvalue weighted by Crippen LogP contribution is 2.54. The van der Waals surface area contributed by atoms with E-state index >= 15 is 0 Å².